The summed E-state index contributed by atoms with van der Waals surface area (Å²) in [5.41, 5.74) is 0.0447. The minimum absolute atomic E-state index is 0.0447. The highest BCUT2D eigenvalue weighted by Gasteiger charge is 2.38. The molecule has 0 aliphatic heterocycles. The highest BCUT2D eigenvalue weighted by atomic mass is 32.2. The Morgan fingerprint density at radius 2 is 2.20 bits per heavy atom. The van der Waals surface area contributed by atoms with Crippen molar-refractivity contribution in [3.05, 3.63) is 12.7 Å². The van der Waals surface area contributed by atoms with Crippen molar-refractivity contribution in [2.45, 2.75) is 38.4 Å². The smallest absolute Gasteiger partial charge is 0.0325 e. The summed E-state index contributed by atoms with van der Waals surface area (Å²) in [5.74, 6) is 4.18. The van der Waals surface area contributed by atoms with Crippen molar-refractivity contribution < 1.29 is 0 Å². The van der Waals surface area contributed by atoms with Crippen LogP contribution in [0.3, 0.4) is 0 Å². The molecule has 0 spiro atoms. The van der Waals surface area contributed by atoms with Crippen LogP contribution in [0, 0.1) is 29.6 Å². The van der Waals surface area contributed by atoms with Crippen LogP contribution in [0.2, 0.25) is 0 Å². The van der Waals surface area contributed by atoms with Crippen molar-refractivity contribution in [2.75, 3.05) is 6.26 Å². The third kappa shape index (κ3) is 2.61. The van der Waals surface area contributed by atoms with Crippen molar-refractivity contribution >= 4 is 11.8 Å². The third-order valence-corrected chi connectivity index (χ3v) is 5.16. The zero-order chi connectivity index (χ0) is 11.5. The topological polar surface area (TPSA) is 0 Å². The average Bonchev–Trinajstić information content (AvgIpc) is 2.38. The Bertz CT molecular complexity index is 263. The second kappa shape index (κ2) is 5.12. The summed E-state index contributed by atoms with van der Waals surface area (Å²) in [7, 11) is 0. The maximum absolute atomic E-state index is 5.74. The van der Waals surface area contributed by atoms with E-state index >= 15 is 0 Å². The van der Waals surface area contributed by atoms with Gasteiger partial charge in [0.25, 0.3) is 0 Å². The molecular formula is C14H22S. The minimum atomic E-state index is 0.0447. The molecule has 4 atom stereocenters. The highest BCUT2D eigenvalue weighted by Crippen LogP contribution is 2.45. The van der Waals surface area contributed by atoms with Gasteiger partial charge in [0.2, 0.25) is 0 Å². The lowest BCUT2D eigenvalue weighted by Gasteiger charge is -2.33. The molecule has 0 nitrogen and oxygen atoms in total. The molecule has 1 heteroatoms. The summed E-state index contributed by atoms with van der Waals surface area (Å²) in [5, 5.41) is 0.721. The van der Waals surface area contributed by atoms with Gasteiger partial charge in [-0.1, -0.05) is 18.9 Å². The second-order valence-corrected chi connectivity index (χ2v) is 6.03. The Kier molecular flexibility index (Phi) is 4.34. The van der Waals surface area contributed by atoms with Crippen LogP contribution in [-0.2, 0) is 0 Å². The summed E-state index contributed by atoms with van der Waals surface area (Å²) in [6, 6.07) is 0. The summed E-state index contributed by atoms with van der Waals surface area (Å²) < 4.78 is 0. The molecule has 1 aliphatic carbocycles. The molecular weight excluding hydrogens is 200 g/mol. The Morgan fingerprint density at radius 3 is 2.67 bits per heavy atom. The normalized spacial score (nSPS) is 41.6. The molecule has 15 heavy (non-hydrogen) atoms. The fourth-order valence-electron chi connectivity index (χ4n) is 2.58. The van der Waals surface area contributed by atoms with Crippen molar-refractivity contribution in [2.24, 2.45) is 17.3 Å². The number of hydrogen-bond donors (Lipinski definition) is 0. The molecule has 1 saturated carbocycles. The maximum atomic E-state index is 5.74. The molecule has 0 aromatic heterocycles. The summed E-state index contributed by atoms with van der Waals surface area (Å²) >= 11 is 1.96. The average molecular weight is 222 g/mol. The van der Waals surface area contributed by atoms with Gasteiger partial charge in [0.05, 0.1) is 0 Å². The van der Waals surface area contributed by atoms with Crippen molar-refractivity contribution in [1.82, 2.24) is 0 Å². The molecule has 0 heterocycles. The SMILES string of the molecule is C#CC1(C)CC(SC)CCC(C=C)[C@@H]1C. The summed E-state index contributed by atoms with van der Waals surface area (Å²) in [4.78, 5) is 0. The standard InChI is InChI=1S/C14H22S/c1-6-12-8-9-13(15-5)10-14(4,7-2)11(12)3/h2,6,11-13H,1,8-10H2,3-5H3/t11-,12?,13?,14?/m0/s1. The lowest BCUT2D eigenvalue weighted by molar-refractivity contribution is 0.233. The molecule has 0 N–H and O–H groups in total. The van der Waals surface area contributed by atoms with Crippen LogP contribution in [0.15, 0.2) is 12.7 Å². The van der Waals surface area contributed by atoms with Crippen LogP contribution in [0.5, 0.6) is 0 Å². The summed E-state index contributed by atoms with van der Waals surface area (Å²) in [6.07, 6.45) is 13.7. The number of hydrogen-bond acceptors (Lipinski definition) is 1. The van der Waals surface area contributed by atoms with Gasteiger partial charge in [0, 0.05) is 10.7 Å². The first-order valence-electron chi connectivity index (χ1n) is 5.70. The van der Waals surface area contributed by atoms with Crippen LogP contribution in [-0.4, -0.2) is 11.5 Å². The van der Waals surface area contributed by atoms with Gasteiger partial charge in [-0.15, -0.1) is 13.0 Å². The molecule has 0 saturated heterocycles. The van der Waals surface area contributed by atoms with E-state index in [9.17, 15) is 0 Å². The summed E-state index contributed by atoms with van der Waals surface area (Å²) in [6.45, 7) is 8.48. The van der Waals surface area contributed by atoms with E-state index in [2.05, 4.69) is 38.7 Å². The first kappa shape index (κ1) is 12.7. The number of rotatable bonds is 2. The Hall–Kier alpha value is -0.350. The lowest BCUT2D eigenvalue weighted by atomic mass is 9.71. The van der Waals surface area contributed by atoms with Crippen LogP contribution in [0.4, 0.5) is 0 Å². The molecule has 3 unspecified atom stereocenters. The maximum Gasteiger partial charge on any atom is 0.0325 e. The van der Waals surface area contributed by atoms with Crippen LogP contribution < -0.4 is 0 Å². The Balaban J connectivity index is 2.92. The van der Waals surface area contributed by atoms with E-state index in [-0.39, 0.29) is 5.41 Å². The first-order chi connectivity index (χ1) is 7.07. The van der Waals surface area contributed by atoms with Crippen LogP contribution in [0.25, 0.3) is 0 Å². The third-order valence-electron chi connectivity index (χ3n) is 4.09. The molecule has 0 aromatic carbocycles. The molecule has 84 valence electrons. The van der Waals surface area contributed by atoms with Gasteiger partial charge in [0.1, 0.15) is 0 Å². The zero-order valence-corrected chi connectivity index (χ0v) is 10.9. The van der Waals surface area contributed by atoms with Gasteiger partial charge in [-0.25, -0.2) is 0 Å². The van der Waals surface area contributed by atoms with E-state index in [1.807, 2.05) is 11.8 Å². The largest absolute Gasteiger partial charge is 0.162 e. The van der Waals surface area contributed by atoms with E-state index in [4.69, 9.17) is 6.42 Å². The number of thioether (sulfide) groups is 1. The van der Waals surface area contributed by atoms with E-state index in [1.165, 1.54) is 12.8 Å². The number of allylic oxidation sites excluding steroid dienone is 1. The Morgan fingerprint density at radius 1 is 1.53 bits per heavy atom. The fraction of sp³-hybridized carbons (Fsp3) is 0.714. The molecule has 0 aromatic rings. The van der Waals surface area contributed by atoms with Crippen molar-refractivity contribution in [1.29, 1.82) is 0 Å². The molecule has 0 amide bonds. The lowest BCUT2D eigenvalue weighted by Crippen LogP contribution is -2.28. The molecule has 1 fully saturated rings. The quantitative estimate of drug-likeness (QED) is 0.387. The minimum Gasteiger partial charge on any atom is -0.162 e. The van der Waals surface area contributed by atoms with Gasteiger partial charge in [-0.3, -0.25) is 0 Å². The molecule has 1 aliphatic rings. The number of terminal acetylenes is 1. The zero-order valence-electron chi connectivity index (χ0n) is 10.1. The van der Waals surface area contributed by atoms with Crippen molar-refractivity contribution in [3.63, 3.8) is 0 Å². The van der Waals surface area contributed by atoms with E-state index in [1.54, 1.807) is 0 Å². The monoisotopic (exact) mass is 222 g/mol. The van der Waals surface area contributed by atoms with Crippen LogP contribution in [0.1, 0.15) is 33.1 Å². The van der Waals surface area contributed by atoms with Gasteiger partial charge < -0.3 is 0 Å². The van der Waals surface area contributed by atoms with E-state index in [0.29, 0.717) is 11.8 Å². The fourth-order valence-corrected chi connectivity index (χ4v) is 3.46. The first-order valence-corrected chi connectivity index (χ1v) is 6.99. The molecule has 0 bridgehead atoms. The molecule has 1 rings (SSSR count). The van der Waals surface area contributed by atoms with Gasteiger partial charge >= 0.3 is 0 Å². The van der Waals surface area contributed by atoms with Gasteiger partial charge in [0.15, 0.2) is 0 Å². The second-order valence-electron chi connectivity index (χ2n) is 4.89. The predicted molar refractivity (Wildman–Crippen MR) is 70.9 cm³/mol. The van der Waals surface area contributed by atoms with Crippen molar-refractivity contribution in [3.8, 4) is 12.3 Å². The highest BCUT2D eigenvalue weighted by molar-refractivity contribution is 7.99. The Labute approximate surface area is 98.9 Å². The molecule has 0 radical (unpaired) electrons. The van der Waals surface area contributed by atoms with E-state index < -0.39 is 0 Å². The van der Waals surface area contributed by atoms with Gasteiger partial charge in [-0.05, 0) is 44.3 Å². The van der Waals surface area contributed by atoms with Crippen LogP contribution >= 0.6 is 11.8 Å². The predicted octanol–water partition coefficient (Wildman–Crippen LogP) is 3.98. The van der Waals surface area contributed by atoms with Gasteiger partial charge in [-0.2, -0.15) is 11.8 Å². The van der Waals surface area contributed by atoms with E-state index in [0.717, 1.165) is 11.7 Å².